The van der Waals surface area contributed by atoms with Crippen LogP contribution in [0.2, 0.25) is 0 Å². The van der Waals surface area contributed by atoms with Crippen LogP contribution in [-0.4, -0.2) is 13.0 Å². The normalized spacial score (nSPS) is 11.9. The largest absolute Gasteiger partial charge is 0.497 e. The summed E-state index contributed by atoms with van der Waals surface area (Å²) in [6.45, 7) is 3.74. The molecule has 0 bridgehead atoms. The van der Waals surface area contributed by atoms with Gasteiger partial charge in [0.25, 0.3) is 5.91 Å². The molecule has 1 aromatic carbocycles. The Bertz CT molecular complexity index is 557. The fourth-order valence-corrected chi connectivity index (χ4v) is 1.80. The lowest BCUT2D eigenvalue weighted by molar-refractivity contribution is 0.0910. The zero-order valence-electron chi connectivity index (χ0n) is 11.3. The summed E-state index contributed by atoms with van der Waals surface area (Å²) in [4.78, 5) is 11.9. The van der Waals surface area contributed by atoms with Crippen LogP contribution in [0.15, 0.2) is 40.8 Å². The second-order valence-electron chi connectivity index (χ2n) is 4.38. The second-order valence-corrected chi connectivity index (χ2v) is 4.38. The molecule has 1 amide bonds. The third-order valence-electron chi connectivity index (χ3n) is 2.93. The molecule has 0 saturated heterocycles. The molecule has 100 valence electrons. The Hall–Kier alpha value is -2.23. The van der Waals surface area contributed by atoms with E-state index >= 15 is 0 Å². The SMILES string of the molecule is COc1ccc([C@H](C)NC(=O)c2ccc(C)o2)cc1. The van der Waals surface area contributed by atoms with Gasteiger partial charge in [-0.15, -0.1) is 0 Å². The quantitative estimate of drug-likeness (QED) is 0.918. The van der Waals surface area contributed by atoms with E-state index in [1.165, 1.54) is 0 Å². The number of methoxy groups -OCH3 is 1. The minimum absolute atomic E-state index is 0.0937. The molecular weight excluding hydrogens is 242 g/mol. The maximum Gasteiger partial charge on any atom is 0.287 e. The van der Waals surface area contributed by atoms with E-state index in [0.29, 0.717) is 5.76 Å². The van der Waals surface area contributed by atoms with Gasteiger partial charge < -0.3 is 14.5 Å². The van der Waals surface area contributed by atoms with Gasteiger partial charge in [0.15, 0.2) is 5.76 Å². The highest BCUT2D eigenvalue weighted by Crippen LogP contribution is 2.18. The third-order valence-corrected chi connectivity index (χ3v) is 2.93. The topological polar surface area (TPSA) is 51.5 Å². The van der Waals surface area contributed by atoms with Crippen LogP contribution >= 0.6 is 0 Å². The Labute approximate surface area is 112 Å². The van der Waals surface area contributed by atoms with Crippen molar-refractivity contribution in [1.29, 1.82) is 0 Å². The summed E-state index contributed by atoms with van der Waals surface area (Å²) in [7, 11) is 1.62. The number of hydrogen-bond donors (Lipinski definition) is 1. The summed E-state index contributed by atoms with van der Waals surface area (Å²) in [6, 6.07) is 10.9. The van der Waals surface area contributed by atoms with E-state index in [1.54, 1.807) is 19.2 Å². The van der Waals surface area contributed by atoms with Crippen LogP contribution in [0.1, 0.15) is 34.8 Å². The molecule has 4 nitrogen and oxygen atoms in total. The zero-order valence-corrected chi connectivity index (χ0v) is 11.3. The Balaban J connectivity index is 2.03. The molecule has 0 aliphatic rings. The number of hydrogen-bond acceptors (Lipinski definition) is 3. The van der Waals surface area contributed by atoms with Crippen molar-refractivity contribution in [1.82, 2.24) is 5.32 Å². The zero-order chi connectivity index (χ0) is 13.8. The van der Waals surface area contributed by atoms with Crippen LogP contribution in [0.5, 0.6) is 5.75 Å². The lowest BCUT2D eigenvalue weighted by atomic mass is 10.1. The van der Waals surface area contributed by atoms with Crippen LogP contribution < -0.4 is 10.1 Å². The van der Waals surface area contributed by atoms with Crippen LogP contribution in [-0.2, 0) is 0 Å². The maximum absolute atomic E-state index is 11.9. The first kappa shape index (κ1) is 13.2. The molecule has 19 heavy (non-hydrogen) atoms. The minimum Gasteiger partial charge on any atom is -0.497 e. The molecule has 0 fully saturated rings. The molecule has 0 aliphatic carbocycles. The summed E-state index contributed by atoms with van der Waals surface area (Å²) in [5, 5.41) is 2.89. The van der Waals surface area contributed by atoms with E-state index in [4.69, 9.17) is 9.15 Å². The number of rotatable bonds is 4. The van der Waals surface area contributed by atoms with Gasteiger partial charge in [0.1, 0.15) is 11.5 Å². The fourth-order valence-electron chi connectivity index (χ4n) is 1.80. The van der Waals surface area contributed by atoms with Crippen LogP contribution in [0.4, 0.5) is 0 Å². The summed E-state index contributed by atoms with van der Waals surface area (Å²) < 4.78 is 10.4. The summed E-state index contributed by atoms with van der Waals surface area (Å²) in [5.41, 5.74) is 1.01. The summed E-state index contributed by atoms with van der Waals surface area (Å²) in [6.07, 6.45) is 0. The predicted octanol–water partition coefficient (Wildman–Crippen LogP) is 3.09. The molecule has 0 unspecified atom stereocenters. The van der Waals surface area contributed by atoms with E-state index in [1.807, 2.05) is 38.1 Å². The summed E-state index contributed by atoms with van der Waals surface area (Å²) >= 11 is 0. The molecule has 1 atom stereocenters. The van der Waals surface area contributed by atoms with Crippen molar-refractivity contribution in [3.05, 3.63) is 53.5 Å². The average molecular weight is 259 g/mol. The number of furan rings is 1. The number of carbonyl (C=O) groups excluding carboxylic acids is 1. The van der Waals surface area contributed by atoms with Crippen LogP contribution in [0.3, 0.4) is 0 Å². The van der Waals surface area contributed by atoms with Crippen molar-refractivity contribution >= 4 is 5.91 Å². The lowest BCUT2D eigenvalue weighted by Crippen LogP contribution is -2.26. The molecule has 2 rings (SSSR count). The van der Waals surface area contributed by atoms with Crippen molar-refractivity contribution in [3.8, 4) is 5.75 Å². The first-order chi connectivity index (χ1) is 9.10. The highest BCUT2D eigenvalue weighted by molar-refractivity contribution is 5.91. The van der Waals surface area contributed by atoms with Gasteiger partial charge in [-0.05, 0) is 43.7 Å². The van der Waals surface area contributed by atoms with Gasteiger partial charge in [0.2, 0.25) is 0 Å². The van der Waals surface area contributed by atoms with Gasteiger partial charge >= 0.3 is 0 Å². The van der Waals surface area contributed by atoms with Crippen molar-refractivity contribution < 1.29 is 13.9 Å². The minimum atomic E-state index is -0.212. The smallest absolute Gasteiger partial charge is 0.287 e. The second kappa shape index (κ2) is 5.61. The monoisotopic (exact) mass is 259 g/mol. The maximum atomic E-state index is 11.9. The highest BCUT2D eigenvalue weighted by atomic mass is 16.5. The number of carbonyl (C=O) groups is 1. The molecule has 1 aromatic heterocycles. The van der Waals surface area contributed by atoms with Gasteiger partial charge in [-0.3, -0.25) is 4.79 Å². The number of benzene rings is 1. The van der Waals surface area contributed by atoms with E-state index in [9.17, 15) is 4.79 Å². The van der Waals surface area contributed by atoms with E-state index in [0.717, 1.165) is 17.1 Å². The van der Waals surface area contributed by atoms with Crippen molar-refractivity contribution in [2.24, 2.45) is 0 Å². The van der Waals surface area contributed by atoms with Gasteiger partial charge in [-0.25, -0.2) is 0 Å². The molecule has 0 spiro atoms. The fraction of sp³-hybridized carbons (Fsp3) is 0.267. The molecule has 1 N–H and O–H groups in total. The first-order valence-corrected chi connectivity index (χ1v) is 6.11. The van der Waals surface area contributed by atoms with Crippen LogP contribution in [0, 0.1) is 6.92 Å². The molecule has 2 aromatic rings. The average Bonchev–Trinajstić information content (AvgIpc) is 2.85. The molecule has 0 aliphatic heterocycles. The molecule has 4 heteroatoms. The Morgan fingerprint density at radius 1 is 1.21 bits per heavy atom. The standard InChI is InChI=1S/C15H17NO3/c1-10-4-9-14(19-10)15(17)16-11(2)12-5-7-13(18-3)8-6-12/h4-9,11H,1-3H3,(H,16,17)/t11-/m0/s1. The van der Waals surface area contributed by atoms with Gasteiger partial charge in [-0.1, -0.05) is 12.1 Å². The first-order valence-electron chi connectivity index (χ1n) is 6.11. The van der Waals surface area contributed by atoms with E-state index < -0.39 is 0 Å². The molecule has 0 saturated carbocycles. The van der Waals surface area contributed by atoms with Gasteiger partial charge in [-0.2, -0.15) is 0 Å². The number of amides is 1. The van der Waals surface area contributed by atoms with E-state index in [2.05, 4.69) is 5.32 Å². The molecule has 1 heterocycles. The van der Waals surface area contributed by atoms with Crippen molar-refractivity contribution in [2.75, 3.05) is 7.11 Å². The summed E-state index contributed by atoms with van der Waals surface area (Å²) in [5.74, 6) is 1.64. The third kappa shape index (κ3) is 3.16. The van der Waals surface area contributed by atoms with Crippen molar-refractivity contribution in [3.63, 3.8) is 0 Å². The van der Waals surface area contributed by atoms with E-state index in [-0.39, 0.29) is 11.9 Å². The molecule has 0 radical (unpaired) electrons. The predicted molar refractivity (Wildman–Crippen MR) is 72.3 cm³/mol. The van der Waals surface area contributed by atoms with Gasteiger partial charge in [0, 0.05) is 0 Å². The Kier molecular flexibility index (Phi) is 3.90. The number of ether oxygens (including phenoxy) is 1. The lowest BCUT2D eigenvalue weighted by Gasteiger charge is -2.13. The van der Waals surface area contributed by atoms with Crippen molar-refractivity contribution in [2.45, 2.75) is 19.9 Å². The van der Waals surface area contributed by atoms with Crippen LogP contribution in [0.25, 0.3) is 0 Å². The van der Waals surface area contributed by atoms with Gasteiger partial charge in [0.05, 0.1) is 13.2 Å². The Morgan fingerprint density at radius 3 is 2.42 bits per heavy atom. The highest BCUT2D eigenvalue weighted by Gasteiger charge is 2.14. The Morgan fingerprint density at radius 2 is 1.89 bits per heavy atom. The molecular formula is C15H17NO3. The number of nitrogens with one attached hydrogen (secondary N) is 1. The number of aryl methyl sites for hydroxylation is 1.